The molecule has 18 heteroatoms. The number of β-lactam (4-membered cyclic amide) rings is 1. The Hall–Kier alpha value is -5.26. The van der Waals surface area contributed by atoms with Gasteiger partial charge in [0.05, 0.1) is 0 Å². The molecular formula is C39H38Cl2N8O6S2. The number of anilines is 1. The molecule has 8 rings (SSSR count). The Balaban J connectivity index is 0.00000275. The number of amides is 3. The van der Waals surface area contributed by atoms with Crippen molar-refractivity contribution in [1.29, 1.82) is 0 Å². The molecule has 0 bridgehead atoms. The number of aliphatic carboxylic acids is 1. The number of likely N-dealkylation sites (tertiary alicyclic amines) is 1. The molecule has 1 aromatic heterocycles. The van der Waals surface area contributed by atoms with Gasteiger partial charge >= 0.3 is 5.97 Å². The van der Waals surface area contributed by atoms with E-state index in [1.54, 1.807) is 6.08 Å². The first-order valence-corrected chi connectivity index (χ1v) is 19.5. The van der Waals surface area contributed by atoms with E-state index < -0.39 is 34.8 Å². The Kier molecular flexibility index (Phi) is 12.7. The first kappa shape index (κ1) is 41.4. The zero-order valence-corrected chi connectivity index (χ0v) is 33.4. The van der Waals surface area contributed by atoms with E-state index in [1.807, 2.05) is 95.9 Å². The zero-order valence-electron chi connectivity index (χ0n) is 30.1. The Labute approximate surface area is 348 Å². The van der Waals surface area contributed by atoms with Crippen LogP contribution in [0, 0.1) is 0 Å². The molecule has 3 atom stereocenters. The van der Waals surface area contributed by atoms with Crippen LogP contribution in [0.2, 0.25) is 0 Å². The summed E-state index contributed by atoms with van der Waals surface area (Å²) in [6.07, 6.45) is 2.98. The lowest BCUT2D eigenvalue weighted by Gasteiger charge is -2.49. The van der Waals surface area contributed by atoms with E-state index in [1.165, 1.54) is 16.7 Å². The van der Waals surface area contributed by atoms with Gasteiger partial charge in [0.2, 0.25) is 23.0 Å². The number of nitrogens with one attached hydrogen (secondary N) is 2. The van der Waals surface area contributed by atoms with Gasteiger partial charge in [-0.3, -0.25) is 19.3 Å². The van der Waals surface area contributed by atoms with E-state index in [0.717, 1.165) is 47.7 Å². The quantitative estimate of drug-likeness (QED) is 0.0562. The van der Waals surface area contributed by atoms with Crippen LogP contribution in [-0.4, -0.2) is 96.5 Å². The SMILES string of the molecule is Cl.Cl.Nc1nc(/C(=N/OC(c2ccccc2)(c2ccccc2)c2ccccc2)C(=O)N[C@@H]2C(=O)N3C(C(=O)O)=C(/C=C4\CCN([C@H]5CCNC5)C4=O)CS[C@H]23)ns1. The van der Waals surface area contributed by atoms with Crippen LogP contribution in [-0.2, 0) is 29.6 Å². The number of fused-ring (bicyclic) bond motifs is 1. The van der Waals surface area contributed by atoms with Gasteiger partial charge in [0, 0.05) is 58.7 Å². The van der Waals surface area contributed by atoms with Crippen LogP contribution >= 0.6 is 48.1 Å². The van der Waals surface area contributed by atoms with E-state index in [2.05, 4.69) is 25.1 Å². The highest BCUT2D eigenvalue weighted by atomic mass is 35.5. The second-order valence-corrected chi connectivity index (χ2v) is 15.3. The summed E-state index contributed by atoms with van der Waals surface area (Å²) in [6, 6.07) is 27.4. The number of rotatable bonds is 11. The van der Waals surface area contributed by atoms with Crippen LogP contribution in [0.25, 0.3) is 0 Å². The summed E-state index contributed by atoms with van der Waals surface area (Å²) in [7, 11) is 0. The second-order valence-electron chi connectivity index (χ2n) is 13.4. The van der Waals surface area contributed by atoms with Crippen molar-refractivity contribution in [3.8, 4) is 0 Å². The minimum Gasteiger partial charge on any atom is -0.477 e. The molecule has 0 aliphatic carbocycles. The number of oxime groups is 1. The van der Waals surface area contributed by atoms with Crippen molar-refractivity contribution >= 4 is 82.6 Å². The van der Waals surface area contributed by atoms with Gasteiger partial charge in [-0.1, -0.05) is 96.2 Å². The maximum absolute atomic E-state index is 14.2. The van der Waals surface area contributed by atoms with Crippen molar-refractivity contribution in [2.24, 2.45) is 5.16 Å². The number of carbonyl (C=O) groups is 4. The largest absolute Gasteiger partial charge is 0.477 e. The molecule has 5 heterocycles. The van der Waals surface area contributed by atoms with Crippen LogP contribution in [0.15, 0.2) is 119 Å². The molecule has 0 saturated carbocycles. The summed E-state index contributed by atoms with van der Waals surface area (Å²) in [5.74, 6) is -2.73. The van der Waals surface area contributed by atoms with Crippen LogP contribution in [0.4, 0.5) is 5.13 Å². The Morgan fingerprint density at radius 3 is 2.12 bits per heavy atom. The molecule has 4 aliphatic rings. The Morgan fingerprint density at radius 1 is 0.982 bits per heavy atom. The summed E-state index contributed by atoms with van der Waals surface area (Å²) in [5, 5.41) is 20.1. The summed E-state index contributed by atoms with van der Waals surface area (Å²) < 4.78 is 4.25. The number of thioether (sulfide) groups is 1. The van der Waals surface area contributed by atoms with Crippen LogP contribution in [0.3, 0.4) is 0 Å². The third-order valence-electron chi connectivity index (χ3n) is 10.2. The molecule has 3 fully saturated rings. The molecule has 0 spiro atoms. The molecule has 3 amide bonds. The van der Waals surface area contributed by atoms with Gasteiger partial charge in [-0.2, -0.15) is 9.36 Å². The lowest BCUT2D eigenvalue weighted by Crippen LogP contribution is -2.71. The number of carbonyl (C=O) groups excluding carboxylic acids is 3. The van der Waals surface area contributed by atoms with Crippen LogP contribution < -0.4 is 16.4 Å². The average molecular weight is 850 g/mol. The molecule has 3 saturated heterocycles. The summed E-state index contributed by atoms with van der Waals surface area (Å²) in [5.41, 5.74) is 7.16. The van der Waals surface area contributed by atoms with Crippen molar-refractivity contribution < 1.29 is 29.1 Å². The predicted molar refractivity (Wildman–Crippen MR) is 221 cm³/mol. The molecule has 4 aliphatic heterocycles. The number of nitrogens with zero attached hydrogens (tertiary/aromatic N) is 5. The van der Waals surface area contributed by atoms with Gasteiger partial charge in [0.15, 0.2) is 5.13 Å². The molecule has 0 unspecified atom stereocenters. The normalized spacial score (nSPS) is 21.4. The van der Waals surface area contributed by atoms with Gasteiger partial charge < -0.3 is 31.2 Å². The van der Waals surface area contributed by atoms with E-state index in [-0.39, 0.29) is 64.9 Å². The smallest absolute Gasteiger partial charge is 0.352 e. The van der Waals surface area contributed by atoms with Crippen molar-refractivity contribution in [3.63, 3.8) is 0 Å². The minimum atomic E-state index is -1.34. The standard InChI is InChI=1S/C39H36N8O6S2.2ClH/c40-38-43-32(45-55-38)29(44-53-39(25-10-4-1-5-11-25,26-12-6-2-7-13-26)27-14-8-3-9-15-27)33(48)42-30-35(50)47-31(37(51)52)24(22-54-36(30)47)20-23-17-19-46(34(23)49)28-16-18-41-21-28;;/h1-15,20,28,30,36,41H,16-19,21-22H2,(H,42,48)(H,51,52)(H2,40,43,45);2*1H/b23-20+,44-29-;;/t28-,30+,36+;;/m0../s1. The van der Waals surface area contributed by atoms with Crippen molar-refractivity contribution in [2.75, 3.05) is 31.1 Å². The minimum absolute atomic E-state index is 0. The number of carboxylic acid groups (broad SMARTS) is 1. The number of benzene rings is 3. The first-order valence-electron chi connectivity index (χ1n) is 17.7. The molecule has 14 nitrogen and oxygen atoms in total. The lowest BCUT2D eigenvalue weighted by atomic mass is 9.80. The van der Waals surface area contributed by atoms with E-state index in [9.17, 15) is 24.3 Å². The fourth-order valence-corrected chi connectivity index (χ4v) is 9.24. The van der Waals surface area contributed by atoms with E-state index in [4.69, 9.17) is 10.6 Å². The van der Waals surface area contributed by atoms with Gasteiger partial charge in [-0.15, -0.1) is 36.6 Å². The molecule has 3 aromatic carbocycles. The highest BCUT2D eigenvalue weighted by molar-refractivity contribution is 8.00. The molecule has 296 valence electrons. The monoisotopic (exact) mass is 848 g/mol. The second kappa shape index (κ2) is 17.5. The maximum Gasteiger partial charge on any atom is 0.352 e. The number of hydrogen-bond acceptors (Lipinski definition) is 12. The van der Waals surface area contributed by atoms with Gasteiger partial charge in [-0.25, -0.2) is 4.79 Å². The number of nitrogen functional groups attached to an aromatic ring is 1. The maximum atomic E-state index is 14.2. The summed E-state index contributed by atoms with van der Waals surface area (Å²) in [4.78, 5) is 67.6. The first-order chi connectivity index (χ1) is 26.8. The number of nitrogens with two attached hydrogens (primary N) is 1. The van der Waals surface area contributed by atoms with Crippen molar-refractivity contribution in [3.05, 3.63) is 136 Å². The third kappa shape index (κ3) is 7.75. The molecule has 57 heavy (non-hydrogen) atoms. The number of aromatic nitrogens is 2. The summed E-state index contributed by atoms with van der Waals surface area (Å²) >= 11 is 2.17. The third-order valence-corrected chi connectivity index (χ3v) is 12.0. The molecule has 0 radical (unpaired) electrons. The zero-order chi connectivity index (χ0) is 38.1. The van der Waals surface area contributed by atoms with Gasteiger partial charge in [0.25, 0.3) is 11.8 Å². The lowest BCUT2D eigenvalue weighted by molar-refractivity contribution is -0.150. The molecule has 5 N–H and O–H groups in total. The fourth-order valence-electron chi connectivity index (χ4n) is 7.50. The van der Waals surface area contributed by atoms with E-state index >= 15 is 0 Å². The van der Waals surface area contributed by atoms with Gasteiger partial charge in [0.1, 0.15) is 17.1 Å². The Morgan fingerprint density at radius 2 is 1.60 bits per heavy atom. The van der Waals surface area contributed by atoms with Crippen LogP contribution in [0.1, 0.15) is 35.4 Å². The topological polar surface area (TPSA) is 192 Å². The highest BCUT2D eigenvalue weighted by Gasteiger charge is 2.54. The highest BCUT2D eigenvalue weighted by Crippen LogP contribution is 2.43. The predicted octanol–water partition coefficient (Wildman–Crippen LogP) is 3.94. The van der Waals surface area contributed by atoms with Crippen LogP contribution in [0.5, 0.6) is 0 Å². The number of allylic oxidation sites excluding steroid dienone is 1. The molecule has 4 aromatic rings. The number of halogens is 2. The average Bonchev–Trinajstić information content (AvgIpc) is 3.98. The molecular weight excluding hydrogens is 812 g/mol. The van der Waals surface area contributed by atoms with E-state index in [0.29, 0.717) is 24.1 Å². The Bertz CT molecular complexity index is 2140. The fraction of sp³-hybridized carbons (Fsp3) is 0.256. The number of hydrogen-bond donors (Lipinski definition) is 4. The van der Waals surface area contributed by atoms with Crippen molar-refractivity contribution in [2.45, 2.75) is 35.9 Å². The summed E-state index contributed by atoms with van der Waals surface area (Å²) in [6.45, 7) is 2.14. The van der Waals surface area contributed by atoms with Gasteiger partial charge in [-0.05, 0) is 31.0 Å². The number of carboxylic acids is 1. The van der Waals surface area contributed by atoms with Crippen molar-refractivity contribution in [1.82, 2.24) is 29.8 Å².